The van der Waals surface area contributed by atoms with Crippen LogP contribution in [0.2, 0.25) is 0 Å². The van der Waals surface area contributed by atoms with Crippen LogP contribution in [0.4, 0.5) is 17.6 Å². The molecule has 0 radical (unpaired) electrons. The van der Waals surface area contributed by atoms with Gasteiger partial charge in [-0.25, -0.2) is 17.6 Å². The quantitative estimate of drug-likeness (QED) is 0.466. The molecule has 4 nitrogen and oxygen atoms in total. The second-order valence-corrected chi connectivity index (χ2v) is 9.33. The van der Waals surface area contributed by atoms with Crippen molar-refractivity contribution >= 4 is 5.91 Å². The number of carbonyl (C=O) groups excluding carboxylic acids is 1. The third-order valence-corrected chi connectivity index (χ3v) is 6.51. The molecule has 0 saturated carbocycles. The van der Waals surface area contributed by atoms with E-state index in [2.05, 4.69) is 4.90 Å². The molecular weight excluding hydrogens is 470 g/mol. The van der Waals surface area contributed by atoms with Crippen LogP contribution in [0.15, 0.2) is 66.7 Å². The van der Waals surface area contributed by atoms with Gasteiger partial charge in [-0.1, -0.05) is 42.5 Å². The fourth-order valence-electron chi connectivity index (χ4n) is 4.73. The summed E-state index contributed by atoms with van der Waals surface area (Å²) in [5.41, 5.74) is 8.47. The molecule has 0 aliphatic carbocycles. The lowest BCUT2D eigenvalue weighted by Gasteiger charge is -2.42. The van der Waals surface area contributed by atoms with E-state index in [0.29, 0.717) is 43.7 Å². The van der Waals surface area contributed by atoms with Gasteiger partial charge in [-0.3, -0.25) is 9.69 Å². The molecular formula is C28H29F4N3O. The number of amides is 1. The minimum absolute atomic E-state index is 0.0337. The van der Waals surface area contributed by atoms with Crippen molar-refractivity contribution in [2.24, 2.45) is 5.73 Å². The Morgan fingerprint density at radius 1 is 0.833 bits per heavy atom. The SMILES string of the molecule is N[C@@H](CC(=O)N1CCN(Cc2ccccc2)C[C@H]1Cc1ccc(F)c(F)c1)Cc1ccc(F)c(F)c1. The fourth-order valence-corrected chi connectivity index (χ4v) is 4.73. The van der Waals surface area contributed by atoms with Crippen molar-refractivity contribution in [3.05, 3.63) is 107 Å². The summed E-state index contributed by atoms with van der Waals surface area (Å²) in [5, 5.41) is 0. The molecule has 8 heteroatoms. The first-order valence-corrected chi connectivity index (χ1v) is 12.0. The van der Waals surface area contributed by atoms with Crippen LogP contribution in [0.5, 0.6) is 0 Å². The van der Waals surface area contributed by atoms with E-state index in [-0.39, 0.29) is 24.8 Å². The first-order valence-electron chi connectivity index (χ1n) is 12.0. The Bertz CT molecular complexity index is 1190. The Morgan fingerprint density at radius 3 is 2.14 bits per heavy atom. The van der Waals surface area contributed by atoms with E-state index in [9.17, 15) is 22.4 Å². The third-order valence-electron chi connectivity index (χ3n) is 6.51. The van der Waals surface area contributed by atoms with Crippen molar-refractivity contribution < 1.29 is 22.4 Å². The van der Waals surface area contributed by atoms with Gasteiger partial charge in [0.1, 0.15) is 0 Å². The van der Waals surface area contributed by atoms with Crippen LogP contribution in [0.1, 0.15) is 23.1 Å². The number of halogens is 4. The van der Waals surface area contributed by atoms with Crippen LogP contribution < -0.4 is 5.73 Å². The van der Waals surface area contributed by atoms with Crippen LogP contribution in [-0.2, 0) is 24.2 Å². The Morgan fingerprint density at radius 2 is 1.47 bits per heavy atom. The summed E-state index contributed by atoms with van der Waals surface area (Å²) in [6.45, 7) is 2.41. The molecule has 3 aromatic carbocycles. The number of benzene rings is 3. The van der Waals surface area contributed by atoms with Crippen LogP contribution in [-0.4, -0.2) is 47.4 Å². The predicted molar refractivity (Wildman–Crippen MR) is 130 cm³/mol. The molecule has 1 fully saturated rings. The standard InChI is InChI=1S/C28H29F4N3O/c29-24-8-6-20(14-26(24)31)12-22(33)16-28(36)35-11-10-34(17-19-4-2-1-3-5-19)18-23(35)13-21-7-9-25(30)27(32)15-21/h1-9,14-15,22-23H,10-13,16-18,33H2/t22-,23-/m1/s1. The maximum atomic E-state index is 13.9. The number of hydrogen-bond acceptors (Lipinski definition) is 3. The van der Waals surface area contributed by atoms with Gasteiger partial charge in [-0.2, -0.15) is 0 Å². The largest absolute Gasteiger partial charge is 0.337 e. The number of nitrogens with two attached hydrogens (primary N) is 1. The van der Waals surface area contributed by atoms with Crippen molar-refractivity contribution in [3.63, 3.8) is 0 Å². The first-order chi connectivity index (χ1) is 17.3. The van der Waals surface area contributed by atoms with E-state index in [1.165, 1.54) is 18.2 Å². The molecule has 190 valence electrons. The highest BCUT2D eigenvalue weighted by Gasteiger charge is 2.31. The number of rotatable bonds is 8. The average molecular weight is 500 g/mol. The smallest absolute Gasteiger partial charge is 0.224 e. The van der Waals surface area contributed by atoms with E-state index in [0.717, 1.165) is 23.8 Å². The summed E-state index contributed by atoms with van der Waals surface area (Å²) < 4.78 is 54.1. The maximum Gasteiger partial charge on any atom is 0.224 e. The normalized spacial score (nSPS) is 17.2. The third kappa shape index (κ3) is 6.71. The van der Waals surface area contributed by atoms with E-state index >= 15 is 0 Å². The summed E-state index contributed by atoms with van der Waals surface area (Å²) in [6.07, 6.45) is 0.628. The highest BCUT2D eigenvalue weighted by molar-refractivity contribution is 5.77. The lowest BCUT2D eigenvalue weighted by molar-refractivity contribution is -0.136. The van der Waals surface area contributed by atoms with Gasteiger partial charge in [0.05, 0.1) is 0 Å². The van der Waals surface area contributed by atoms with Crippen LogP contribution >= 0.6 is 0 Å². The lowest BCUT2D eigenvalue weighted by Crippen LogP contribution is -2.56. The van der Waals surface area contributed by atoms with Crippen LogP contribution in [0, 0.1) is 23.3 Å². The molecule has 4 rings (SSSR count). The Kier molecular flexibility index (Phi) is 8.38. The van der Waals surface area contributed by atoms with Crippen molar-refractivity contribution in [1.82, 2.24) is 9.80 Å². The number of carbonyl (C=O) groups is 1. The molecule has 36 heavy (non-hydrogen) atoms. The monoisotopic (exact) mass is 499 g/mol. The van der Waals surface area contributed by atoms with Crippen molar-refractivity contribution in [1.29, 1.82) is 0 Å². The lowest BCUT2D eigenvalue weighted by atomic mass is 9.99. The molecule has 0 bridgehead atoms. The molecule has 1 amide bonds. The predicted octanol–water partition coefficient (Wildman–Crippen LogP) is 4.46. The van der Waals surface area contributed by atoms with Gasteiger partial charge in [-0.05, 0) is 53.8 Å². The number of nitrogens with zero attached hydrogens (tertiary/aromatic N) is 2. The molecule has 0 unspecified atom stereocenters. The zero-order valence-corrected chi connectivity index (χ0v) is 19.8. The van der Waals surface area contributed by atoms with E-state index in [1.54, 1.807) is 4.90 Å². The van der Waals surface area contributed by atoms with Crippen molar-refractivity contribution in [3.8, 4) is 0 Å². The Hall–Kier alpha value is -3.23. The Labute approximate surface area is 208 Å². The summed E-state index contributed by atoms with van der Waals surface area (Å²) in [7, 11) is 0. The number of piperazine rings is 1. The molecule has 0 aromatic heterocycles. The maximum absolute atomic E-state index is 13.9. The van der Waals surface area contributed by atoms with Crippen molar-refractivity contribution in [2.75, 3.05) is 19.6 Å². The van der Waals surface area contributed by atoms with Gasteiger partial charge >= 0.3 is 0 Å². The summed E-state index contributed by atoms with van der Waals surface area (Å²) in [5.74, 6) is -3.87. The van der Waals surface area contributed by atoms with Gasteiger partial charge in [-0.15, -0.1) is 0 Å². The molecule has 1 aliphatic heterocycles. The fraction of sp³-hybridized carbons (Fsp3) is 0.321. The highest BCUT2D eigenvalue weighted by atomic mass is 19.2. The molecule has 0 spiro atoms. The van der Waals surface area contributed by atoms with E-state index in [4.69, 9.17) is 5.73 Å². The van der Waals surface area contributed by atoms with Gasteiger partial charge in [0.25, 0.3) is 0 Å². The van der Waals surface area contributed by atoms with Gasteiger partial charge in [0.15, 0.2) is 23.3 Å². The number of hydrogen-bond donors (Lipinski definition) is 1. The van der Waals surface area contributed by atoms with Gasteiger partial charge in [0.2, 0.25) is 5.91 Å². The minimum Gasteiger partial charge on any atom is -0.337 e. The molecule has 1 heterocycles. The van der Waals surface area contributed by atoms with Crippen LogP contribution in [0.3, 0.4) is 0 Å². The summed E-state index contributed by atoms with van der Waals surface area (Å²) in [4.78, 5) is 17.3. The molecule has 1 saturated heterocycles. The molecule has 1 aliphatic rings. The minimum atomic E-state index is -0.952. The molecule has 3 aromatic rings. The molecule has 2 atom stereocenters. The second-order valence-electron chi connectivity index (χ2n) is 9.33. The van der Waals surface area contributed by atoms with E-state index < -0.39 is 29.3 Å². The topological polar surface area (TPSA) is 49.6 Å². The zero-order chi connectivity index (χ0) is 25.7. The van der Waals surface area contributed by atoms with Gasteiger partial charge in [0, 0.05) is 44.7 Å². The highest BCUT2D eigenvalue weighted by Crippen LogP contribution is 2.20. The Balaban J connectivity index is 1.45. The molecule has 2 N–H and O–H groups in total. The van der Waals surface area contributed by atoms with E-state index in [1.807, 2.05) is 30.3 Å². The first kappa shape index (κ1) is 25.9. The van der Waals surface area contributed by atoms with Gasteiger partial charge < -0.3 is 10.6 Å². The average Bonchev–Trinajstić information content (AvgIpc) is 2.84. The second kappa shape index (κ2) is 11.7. The zero-order valence-electron chi connectivity index (χ0n) is 19.8. The van der Waals surface area contributed by atoms with Crippen molar-refractivity contribution in [2.45, 2.75) is 37.9 Å². The summed E-state index contributed by atoms with van der Waals surface area (Å²) >= 11 is 0. The van der Waals surface area contributed by atoms with Crippen LogP contribution in [0.25, 0.3) is 0 Å². The summed E-state index contributed by atoms with van der Waals surface area (Å²) in [6, 6.07) is 16.5.